The van der Waals surface area contributed by atoms with Crippen LogP contribution in [0, 0.1) is 6.92 Å². The van der Waals surface area contributed by atoms with E-state index in [2.05, 4.69) is 62.7 Å². The number of aromatic nitrogens is 3. The van der Waals surface area contributed by atoms with Crippen LogP contribution in [-0.4, -0.2) is 39.7 Å². The molecular formula is C20H26ClN5. The largest absolute Gasteiger partial charge is 0.314 e. The highest BCUT2D eigenvalue weighted by Crippen LogP contribution is 2.25. The number of piperazine rings is 1. The van der Waals surface area contributed by atoms with Gasteiger partial charge in [-0.15, -0.1) is 12.4 Å². The molecule has 0 bridgehead atoms. The first-order valence-electron chi connectivity index (χ1n) is 9.08. The summed E-state index contributed by atoms with van der Waals surface area (Å²) >= 11 is 0. The second kappa shape index (κ2) is 8.16. The fraction of sp³-hybridized carbons (Fsp3) is 0.400. The molecule has 1 fully saturated rings. The van der Waals surface area contributed by atoms with Gasteiger partial charge in [-0.25, -0.2) is 4.98 Å². The van der Waals surface area contributed by atoms with Crippen LogP contribution in [0.15, 0.2) is 36.5 Å². The molecule has 0 saturated carbocycles. The molecule has 138 valence electrons. The number of aromatic amines is 1. The number of nitrogens with one attached hydrogen (secondary N) is 2. The van der Waals surface area contributed by atoms with E-state index in [9.17, 15) is 0 Å². The number of halogens is 1. The summed E-state index contributed by atoms with van der Waals surface area (Å²) in [6, 6.07) is 11.7. The van der Waals surface area contributed by atoms with Crippen molar-refractivity contribution in [2.45, 2.75) is 32.9 Å². The molecule has 1 saturated heterocycles. The molecule has 2 N–H and O–H groups in total. The monoisotopic (exact) mass is 371 g/mol. The summed E-state index contributed by atoms with van der Waals surface area (Å²) < 4.78 is 0. The highest BCUT2D eigenvalue weighted by Gasteiger charge is 2.24. The highest BCUT2D eigenvalue weighted by atomic mass is 35.5. The molecule has 3 heterocycles. The first-order chi connectivity index (χ1) is 12.2. The Bertz CT molecular complexity index is 858. The third-order valence-electron chi connectivity index (χ3n) is 5.17. The van der Waals surface area contributed by atoms with Crippen LogP contribution in [0.25, 0.3) is 11.0 Å². The molecule has 5 nitrogen and oxygen atoms in total. The summed E-state index contributed by atoms with van der Waals surface area (Å²) in [5.41, 5.74) is 5.90. The fourth-order valence-electron chi connectivity index (χ4n) is 3.62. The second-order valence-corrected chi connectivity index (χ2v) is 6.85. The van der Waals surface area contributed by atoms with Crippen LogP contribution >= 0.6 is 12.4 Å². The predicted octanol–water partition coefficient (Wildman–Crippen LogP) is 3.40. The second-order valence-electron chi connectivity index (χ2n) is 6.85. The minimum absolute atomic E-state index is 0. The summed E-state index contributed by atoms with van der Waals surface area (Å²) in [6.45, 7) is 8.22. The Labute approximate surface area is 160 Å². The number of nitrogens with zero attached hydrogens (tertiary/aromatic N) is 3. The number of aryl methyl sites for hydroxylation is 2. The molecule has 0 radical (unpaired) electrons. The standard InChI is InChI=1S/C20H25N5.ClH/c1-3-15-4-6-17(7-5-15)19-12-21-8-9-25(19)13-16-10-18-14(2)23-24-20(18)22-11-16;/h4-7,10-11,19,21H,3,8-9,12-13H2,1-2H3,(H,22,23,24);1H. The molecule has 26 heavy (non-hydrogen) atoms. The van der Waals surface area contributed by atoms with Gasteiger partial charge >= 0.3 is 0 Å². The number of benzene rings is 1. The number of hydrogen-bond acceptors (Lipinski definition) is 4. The van der Waals surface area contributed by atoms with Crippen molar-refractivity contribution in [3.05, 3.63) is 58.9 Å². The zero-order chi connectivity index (χ0) is 17.2. The molecule has 1 unspecified atom stereocenters. The Morgan fingerprint density at radius 1 is 1.19 bits per heavy atom. The molecule has 3 aromatic rings. The highest BCUT2D eigenvalue weighted by molar-refractivity contribution is 5.85. The molecule has 1 aliphatic heterocycles. The minimum atomic E-state index is 0. The van der Waals surface area contributed by atoms with E-state index in [1.807, 2.05) is 13.1 Å². The lowest BCUT2D eigenvalue weighted by Gasteiger charge is -2.36. The summed E-state index contributed by atoms with van der Waals surface area (Å²) in [5.74, 6) is 0. The van der Waals surface area contributed by atoms with E-state index in [1.54, 1.807) is 0 Å². The van der Waals surface area contributed by atoms with Crippen molar-refractivity contribution in [1.82, 2.24) is 25.4 Å². The molecule has 1 aliphatic rings. The molecule has 2 aromatic heterocycles. The summed E-state index contributed by atoms with van der Waals surface area (Å²) in [7, 11) is 0. The minimum Gasteiger partial charge on any atom is -0.314 e. The predicted molar refractivity (Wildman–Crippen MR) is 108 cm³/mol. The lowest BCUT2D eigenvalue weighted by molar-refractivity contribution is 0.153. The molecule has 4 rings (SSSR count). The summed E-state index contributed by atoms with van der Waals surface area (Å²) in [5, 5.41) is 11.9. The van der Waals surface area contributed by atoms with Crippen LogP contribution in [0.4, 0.5) is 0 Å². The average Bonchev–Trinajstić information content (AvgIpc) is 3.03. The van der Waals surface area contributed by atoms with E-state index in [1.165, 1.54) is 16.7 Å². The molecule has 1 atom stereocenters. The van der Waals surface area contributed by atoms with Crippen LogP contribution in [-0.2, 0) is 13.0 Å². The smallest absolute Gasteiger partial charge is 0.181 e. The van der Waals surface area contributed by atoms with E-state index in [0.717, 1.165) is 49.3 Å². The van der Waals surface area contributed by atoms with Gasteiger partial charge in [0.05, 0.1) is 0 Å². The first kappa shape index (κ1) is 18.8. The first-order valence-corrected chi connectivity index (χ1v) is 9.08. The molecule has 0 spiro atoms. The van der Waals surface area contributed by atoms with Crippen molar-refractivity contribution in [2.75, 3.05) is 19.6 Å². The molecule has 0 aliphatic carbocycles. The van der Waals surface area contributed by atoms with Crippen LogP contribution in [0.3, 0.4) is 0 Å². The summed E-state index contributed by atoms with van der Waals surface area (Å²) in [6.07, 6.45) is 3.05. The Kier molecular flexibility index (Phi) is 5.91. The average molecular weight is 372 g/mol. The van der Waals surface area contributed by atoms with E-state index in [0.29, 0.717) is 6.04 Å². The molecule has 6 heteroatoms. The van der Waals surface area contributed by atoms with Crippen LogP contribution in [0.5, 0.6) is 0 Å². The van der Waals surface area contributed by atoms with Crippen LogP contribution < -0.4 is 5.32 Å². The molecular weight excluding hydrogens is 346 g/mol. The maximum absolute atomic E-state index is 4.50. The molecule has 0 amide bonds. The Morgan fingerprint density at radius 2 is 2.00 bits per heavy atom. The lowest BCUT2D eigenvalue weighted by Crippen LogP contribution is -2.45. The quantitative estimate of drug-likeness (QED) is 0.738. The van der Waals surface area contributed by atoms with Crippen molar-refractivity contribution in [1.29, 1.82) is 0 Å². The Morgan fingerprint density at radius 3 is 2.77 bits per heavy atom. The zero-order valence-corrected chi connectivity index (χ0v) is 16.1. The van der Waals surface area contributed by atoms with Gasteiger partial charge in [0.2, 0.25) is 0 Å². The maximum atomic E-state index is 4.50. The normalized spacial score (nSPS) is 18.0. The van der Waals surface area contributed by atoms with Gasteiger partial charge in [0.25, 0.3) is 0 Å². The number of H-pyrrole nitrogens is 1. The number of fused-ring (bicyclic) bond motifs is 1. The van der Waals surface area contributed by atoms with Crippen molar-refractivity contribution in [3.8, 4) is 0 Å². The van der Waals surface area contributed by atoms with E-state index >= 15 is 0 Å². The van der Waals surface area contributed by atoms with Gasteiger partial charge in [-0.05, 0) is 36.1 Å². The van der Waals surface area contributed by atoms with Gasteiger partial charge in [0, 0.05) is 49.5 Å². The van der Waals surface area contributed by atoms with Gasteiger partial charge in [-0.3, -0.25) is 10.00 Å². The van der Waals surface area contributed by atoms with Crippen LogP contribution in [0.1, 0.15) is 35.3 Å². The Balaban J connectivity index is 0.00000196. The van der Waals surface area contributed by atoms with Gasteiger partial charge < -0.3 is 5.32 Å². The SMILES string of the molecule is CCc1ccc(C2CNCCN2Cc2cnc3n[nH]c(C)c3c2)cc1.Cl. The van der Waals surface area contributed by atoms with Gasteiger partial charge in [0.15, 0.2) is 5.65 Å². The van der Waals surface area contributed by atoms with Gasteiger partial charge in [-0.2, -0.15) is 5.10 Å². The van der Waals surface area contributed by atoms with Crippen molar-refractivity contribution in [3.63, 3.8) is 0 Å². The number of hydrogen-bond donors (Lipinski definition) is 2. The lowest BCUT2D eigenvalue weighted by atomic mass is 10.0. The van der Waals surface area contributed by atoms with Crippen LogP contribution in [0.2, 0.25) is 0 Å². The van der Waals surface area contributed by atoms with Crippen molar-refractivity contribution in [2.24, 2.45) is 0 Å². The number of rotatable bonds is 4. The third-order valence-corrected chi connectivity index (χ3v) is 5.17. The molecule has 1 aromatic carbocycles. The third kappa shape index (κ3) is 3.75. The van der Waals surface area contributed by atoms with Gasteiger partial charge in [0.1, 0.15) is 0 Å². The Hall–Kier alpha value is -1.95. The van der Waals surface area contributed by atoms with E-state index in [-0.39, 0.29) is 12.4 Å². The fourth-order valence-corrected chi connectivity index (χ4v) is 3.62. The summed E-state index contributed by atoms with van der Waals surface area (Å²) in [4.78, 5) is 7.05. The van der Waals surface area contributed by atoms with Gasteiger partial charge in [-0.1, -0.05) is 31.2 Å². The zero-order valence-electron chi connectivity index (χ0n) is 15.3. The van der Waals surface area contributed by atoms with Crippen molar-refractivity contribution < 1.29 is 0 Å². The van der Waals surface area contributed by atoms with Crippen molar-refractivity contribution >= 4 is 23.4 Å². The number of pyridine rings is 1. The van der Waals surface area contributed by atoms with E-state index in [4.69, 9.17) is 0 Å². The maximum Gasteiger partial charge on any atom is 0.181 e. The van der Waals surface area contributed by atoms with E-state index < -0.39 is 0 Å². The topological polar surface area (TPSA) is 56.8 Å².